The highest BCUT2D eigenvalue weighted by atomic mass is 35.5. The van der Waals surface area contributed by atoms with Crippen molar-refractivity contribution < 1.29 is 22.8 Å². The molecule has 4 rings (SSSR count). The highest BCUT2D eigenvalue weighted by Crippen LogP contribution is 2.27. The van der Waals surface area contributed by atoms with E-state index in [-0.39, 0.29) is 26.6 Å². The Hall–Kier alpha value is -3.21. The Morgan fingerprint density at radius 1 is 1.00 bits per heavy atom. The van der Waals surface area contributed by atoms with E-state index >= 15 is 0 Å². The molecular formula is C20H14ClN3O5S2. The summed E-state index contributed by atoms with van der Waals surface area (Å²) in [4.78, 5) is 38.4. The minimum absolute atomic E-state index is 0.0922. The van der Waals surface area contributed by atoms with Gasteiger partial charge in [0.2, 0.25) is 5.91 Å². The van der Waals surface area contributed by atoms with Crippen molar-refractivity contribution in [1.82, 2.24) is 4.72 Å². The second kappa shape index (κ2) is 8.14. The van der Waals surface area contributed by atoms with E-state index in [0.717, 1.165) is 16.2 Å². The van der Waals surface area contributed by atoms with Gasteiger partial charge in [0.05, 0.1) is 16.4 Å². The van der Waals surface area contributed by atoms with Gasteiger partial charge in [-0.2, -0.15) is 0 Å². The number of benzene rings is 2. The normalized spacial score (nSPS) is 13.6. The third-order valence-corrected chi connectivity index (χ3v) is 7.52. The molecule has 0 fully saturated rings. The zero-order valence-corrected chi connectivity index (χ0v) is 18.1. The number of imide groups is 1. The van der Waals surface area contributed by atoms with Crippen molar-refractivity contribution in [2.24, 2.45) is 0 Å². The van der Waals surface area contributed by atoms with E-state index in [1.54, 1.807) is 24.3 Å². The van der Waals surface area contributed by atoms with Crippen LogP contribution in [0.15, 0.2) is 64.9 Å². The van der Waals surface area contributed by atoms with Crippen LogP contribution in [-0.4, -0.2) is 26.3 Å². The van der Waals surface area contributed by atoms with Gasteiger partial charge in [-0.05, 0) is 48.0 Å². The van der Waals surface area contributed by atoms with Gasteiger partial charge in [-0.15, -0.1) is 11.3 Å². The fraction of sp³-hybridized carbons (Fsp3) is 0.0500. The predicted octanol–water partition coefficient (Wildman–Crippen LogP) is 3.64. The third-order valence-electron chi connectivity index (χ3n) is 4.47. The molecule has 2 heterocycles. The van der Waals surface area contributed by atoms with Crippen molar-refractivity contribution in [3.05, 3.63) is 76.1 Å². The van der Waals surface area contributed by atoms with Gasteiger partial charge in [-0.3, -0.25) is 9.59 Å². The number of fused-ring (bicyclic) bond motifs is 1. The first-order valence-electron chi connectivity index (χ1n) is 8.89. The van der Waals surface area contributed by atoms with Gasteiger partial charge in [0.25, 0.3) is 15.9 Å². The molecule has 1 aromatic heterocycles. The molecule has 1 aliphatic rings. The Bertz CT molecular complexity index is 1300. The van der Waals surface area contributed by atoms with Gasteiger partial charge in [-0.1, -0.05) is 29.8 Å². The number of halogens is 1. The van der Waals surface area contributed by atoms with Crippen LogP contribution in [0.5, 0.6) is 0 Å². The number of anilines is 2. The fourth-order valence-electron chi connectivity index (χ4n) is 3.08. The highest BCUT2D eigenvalue weighted by Gasteiger charge is 2.31. The Morgan fingerprint density at radius 2 is 1.71 bits per heavy atom. The van der Waals surface area contributed by atoms with Crippen LogP contribution in [0.1, 0.15) is 15.9 Å². The molecule has 0 spiro atoms. The molecule has 2 N–H and O–H groups in total. The van der Waals surface area contributed by atoms with Gasteiger partial charge in [0.1, 0.15) is 4.21 Å². The van der Waals surface area contributed by atoms with Crippen LogP contribution in [-0.2, 0) is 21.2 Å². The zero-order valence-electron chi connectivity index (χ0n) is 15.7. The van der Waals surface area contributed by atoms with Gasteiger partial charge in [0.15, 0.2) is 0 Å². The largest absolute Gasteiger partial charge is 0.333 e. The first kappa shape index (κ1) is 21.0. The number of carbonyl (C=O) groups is 3. The number of amides is 4. The molecule has 11 heteroatoms. The number of rotatable bonds is 4. The topological polar surface area (TPSA) is 113 Å². The number of urea groups is 1. The molecule has 4 amide bonds. The van der Waals surface area contributed by atoms with E-state index in [9.17, 15) is 22.8 Å². The number of carbonyl (C=O) groups excluding carboxylic acids is 3. The van der Waals surface area contributed by atoms with Crippen LogP contribution in [0.4, 0.5) is 16.2 Å². The summed E-state index contributed by atoms with van der Waals surface area (Å²) in [6, 6.07) is 14.6. The quantitative estimate of drug-likeness (QED) is 0.559. The Labute approximate surface area is 186 Å². The van der Waals surface area contributed by atoms with E-state index in [0.29, 0.717) is 16.8 Å². The number of hydrogen-bond donors (Lipinski definition) is 2. The van der Waals surface area contributed by atoms with Crippen molar-refractivity contribution in [3.63, 3.8) is 0 Å². The molecule has 0 unspecified atom stereocenters. The van der Waals surface area contributed by atoms with Gasteiger partial charge in [-0.25, -0.2) is 22.8 Å². The Kier molecular flexibility index (Phi) is 5.52. The molecule has 8 nitrogen and oxygen atoms in total. The SMILES string of the molecule is O=C(Nc1ccc(N2C(=O)Cc3ccccc3C2=O)cc1)NS(=O)(=O)c1ccc(Cl)s1. The van der Waals surface area contributed by atoms with E-state index in [4.69, 9.17) is 11.6 Å². The Balaban J connectivity index is 1.47. The van der Waals surface area contributed by atoms with E-state index in [2.05, 4.69) is 5.32 Å². The van der Waals surface area contributed by atoms with Crippen molar-refractivity contribution >= 4 is 62.2 Å². The van der Waals surface area contributed by atoms with Crippen molar-refractivity contribution in [2.45, 2.75) is 10.6 Å². The van der Waals surface area contributed by atoms with Gasteiger partial charge < -0.3 is 5.32 Å². The summed E-state index contributed by atoms with van der Waals surface area (Å²) >= 11 is 6.56. The van der Waals surface area contributed by atoms with Crippen LogP contribution < -0.4 is 14.9 Å². The molecule has 3 aromatic rings. The van der Waals surface area contributed by atoms with E-state index in [1.165, 1.54) is 36.4 Å². The summed E-state index contributed by atoms with van der Waals surface area (Å²) in [5.74, 6) is -0.783. The number of hydrogen-bond acceptors (Lipinski definition) is 6. The number of nitrogens with zero attached hydrogens (tertiary/aromatic N) is 1. The monoisotopic (exact) mass is 475 g/mol. The maximum Gasteiger partial charge on any atom is 0.333 e. The Morgan fingerprint density at radius 3 is 2.39 bits per heavy atom. The molecule has 0 saturated heterocycles. The predicted molar refractivity (Wildman–Crippen MR) is 117 cm³/mol. The maximum atomic E-state index is 12.7. The fourth-order valence-corrected chi connectivity index (χ4v) is 5.47. The molecule has 0 radical (unpaired) electrons. The summed E-state index contributed by atoms with van der Waals surface area (Å²) in [5, 5.41) is 2.40. The minimum Gasteiger partial charge on any atom is -0.307 e. The van der Waals surface area contributed by atoms with E-state index < -0.39 is 22.0 Å². The summed E-state index contributed by atoms with van der Waals surface area (Å²) < 4.78 is 26.4. The van der Waals surface area contributed by atoms with Crippen LogP contribution in [0, 0.1) is 0 Å². The molecule has 31 heavy (non-hydrogen) atoms. The molecule has 0 aliphatic carbocycles. The average molecular weight is 476 g/mol. The van der Waals surface area contributed by atoms with Crippen LogP contribution in [0.25, 0.3) is 0 Å². The summed E-state index contributed by atoms with van der Waals surface area (Å²) in [6.07, 6.45) is 0.106. The minimum atomic E-state index is -4.05. The second-order valence-electron chi connectivity index (χ2n) is 6.53. The first-order chi connectivity index (χ1) is 14.7. The number of sulfonamides is 1. The lowest BCUT2D eigenvalue weighted by molar-refractivity contribution is -0.117. The lowest BCUT2D eigenvalue weighted by atomic mass is 9.98. The van der Waals surface area contributed by atoms with Gasteiger partial charge in [0, 0.05) is 11.3 Å². The molecule has 1 aliphatic heterocycles. The summed E-state index contributed by atoms with van der Waals surface area (Å²) in [7, 11) is -4.05. The molecule has 0 bridgehead atoms. The number of nitrogens with one attached hydrogen (secondary N) is 2. The molecule has 2 aromatic carbocycles. The van der Waals surface area contributed by atoms with E-state index in [1.807, 2.05) is 4.72 Å². The van der Waals surface area contributed by atoms with Crippen molar-refractivity contribution in [3.8, 4) is 0 Å². The van der Waals surface area contributed by atoms with Gasteiger partial charge >= 0.3 is 6.03 Å². The lowest BCUT2D eigenvalue weighted by Crippen LogP contribution is -2.42. The zero-order chi connectivity index (χ0) is 22.2. The smallest absolute Gasteiger partial charge is 0.307 e. The first-order valence-corrected chi connectivity index (χ1v) is 11.6. The average Bonchev–Trinajstić information content (AvgIpc) is 3.16. The summed E-state index contributed by atoms with van der Waals surface area (Å²) in [5.41, 5.74) is 1.76. The second-order valence-corrected chi connectivity index (χ2v) is 10.2. The molecule has 0 saturated carbocycles. The van der Waals surface area contributed by atoms with Crippen LogP contribution >= 0.6 is 22.9 Å². The third kappa shape index (κ3) is 4.31. The summed E-state index contributed by atoms with van der Waals surface area (Å²) in [6.45, 7) is 0. The number of thiophene rings is 1. The molecule has 0 atom stereocenters. The molecular weight excluding hydrogens is 462 g/mol. The van der Waals surface area contributed by atoms with Crippen molar-refractivity contribution in [1.29, 1.82) is 0 Å². The van der Waals surface area contributed by atoms with Crippen LogP contribution in [0.3, 0.4) is 0 Å². The standard InChI is InChI=1S/C20H14ClN3O5S2/c21-16-9-10-18(30-16)31(28,29)23-20(27)22-13-5-7-14(8-6-13)24-17(25)11-12-3-1-2-4-15(12)19(24)26/h1-10H,11H2,(H2,22,23,27). The highest BCUT2D eigenvalue weighted by molar-refractivity contribution is 7.92. The molecule has 158 valence electrons. The van der Waals surface area contributed by atoms with Crippen LogP contribution in [0.2, 0.25) is 4.34 Å². The lowest BCUT2D eigenvalue weighted by Gasteiger charge is -2.26. The maximum absolute atomic E-state index is 12.7. The van der Waals surface area contributed by atoms with Crippen molar-refractivity contribution in [2.75, 3.05) is 10.2 Å².